The number of nitrogens with zero attached hydrogens (tertiary/aromatic N) is 1. The van der Waals surface area contributed by atoms with Crippen molar-refractivity contribution in [2.75, 3.05) is 18.0 Å². The van der Waals surface area contributed by atoms with E-state index in [1.54, 1.807) is 0 Å². The SMILES string of the molecule is CCN(c1ccccc1)c1ccc(CCN)cc1C. The van der Waals surface area contributed by atoms with E-state index in [-0.39, 0.29) is 0 Å². The van der Waals surface area contributed by atoms with Crippen molar-refractivity contribution in [2.24, 2.45) is 5.73 Å². The van der Waals surface area contributed by atoms with Crippen LogP contribution < -0.4 is 10.6 Å². The van der Waals surface area contributed by atoms with Gasteiger partial charge in [-0.1, -0.05) is 30.3 Å². The molecule has 2 rings (SSSR count). The minimum absolute atomic E-state index is 0.703. The van der Waals surface area contributed by atoms with Crippen molar-refractivity contribution in [2.45, 2.75) is 20.3 Å². The highest BCUT2D eigenvalue weighted by Gasteiger charge is 2.09. The highest BCUT2D eigenvalue weighted by molar-refractivity contribution is 5.66. The van der Waals surface area contributed by atoms with Crippen molar-refractivity contribution in [3.05, 3.63) is 59.7 Å². The third-order valence-corrected chi connectivity index (χ3v) is 3.37. The molecule has 0 heterocycles. The van der Waals surface area contributed by atoms with Gasteiger partial charge in [0.05, 0.1) is 0 Å². The van der Waals surface area contributed by atoms with Crippen molar-refractivity contribution in [1.82, 2.24) is 0 Å². The van der Waals surface area contributed by atoms with Gasteiger partial charge in [0.15, 0.2) is 0 Å². The quantitative estimate of drug-likeness (QED) is 0.882. The summed E-state index contributed by atoms with van der Waals surface area (Å²) >= 11 is 0. The molecule has 2 aromatic rings. The van der Waals surface area contributed by atoms with Crippen molar-refractivity contribution in [3.63, 3.8) is 0 Å². The minimum Gasteiger partial charge on any atom is -0.342 e. The van der Waals surface area contributed by atoms with Gasteiger partial charge in [0.25, 0.3) is 0 Å². The highest BCUT2D eigenvalue weighted by Crippen LogP contribution is 2.28. The van der Waals surface area contributed by atoms with Crippen molar-refractivity contribution >= 4 is 11.4 Å². The lowest BCUT2D eigenvalue weighted by Crippen LogP contribution is -2.17. The van der Waals surface area contributed by atoms with Crippen LogP contribution in [0.25, 0.3) is 0 Å². The third kappa shape index (κ3) is 3.15. The largest absolute Gasteiger partial charge is 0.342 e. The fraction of sp³-hybridized carbons (Fsp3) is 0.294. The fourth-order valence-corrected chi connectivity index (χ4v) is 2.44. The summed E-state index contributed by atoms with van der Waals surface area (Å²) in [5, 5.41) is 0. The van der Waals surface area contributed by atoms with Gasteiger partial charge in [-0.05, 0) is 56.1 Å². The summed E-state index contributed by atoms with van der Waals surface area (Å²) in [5.41, 5.74) is 10.7. The summed E-state index contributed by atoms with van der Waals surface area (Å²) in [7, 11) is 0. The van der Waals surface area contributed by atoms with Gasteiger partial charge in [-0.3, -0.25) is 0 Å². The molecule has 0 spiro atoms. The smallest absolute Gasteiger partial charge is 0.0440 e. The van der Waals surface area contributed by atoms with E-state index in [9.17, 15) is 0 Å². The molecule has 0 bridgehead atoms. The Morgan fingerprint density at radius 1 is 1.05 bits per heavy atom. The lowest BCUT2D eigenvalue weighted by Gasteiger charge is -2.25. The van der Waals surface area contributed by atoms with Gasteiger partial charge in [0, 0.05) is 17.9 Å². The Kier molecular flexibility index (Phi) is 4.58. The van der Waals surface area contributed by atoms with E-state index in [2.05, 4.69) is 67.3 Å². The first-order valence-electron chi connectivity index (χ1n) is 6.88. The van der Waals surface area contributed by atoms with Gasteiger partial charge >= 0.3 is 0 Å². The summed E-state index contributed by atoms with van der Waals surface area (Å²) in [6.07, 6.45) is 0.943. The van der Waals surface area contributed by atoms with Gasteiger partial charge in [-0.2, -0.15) is 0 Å². The van der Waals surface area contributed by atoms with Crippen LogP contribution in [0.4, 0.5) is 11.4 Å². The maximum Gasteiger partial charge on any atom is 0.0440 e. The molecule has 0 aliphatic rings. The number of benzene rings is 2. The standard InChI is InChI=1S/C17H22N2/c1-3-19(16-7-5-4-6-8-16)17-10-9-15(11-12-18)13-14(17)2/h4-10,13H,3,11-12,18H2,1-2H3. The van der Waals surface area contributed by atoms with Crippen LogP contribution in [0.1, 0.15) is 18.1 Å². The molecule has 0 fully saturated rings. The van der Waals surface area contributed by atoms with Gasteiger partial charge in [-0.15, -0.1) is 0 Å². The van der Waals surface area contributed by atoms with E-state index < -0.39 is 0 Å². The first-order valence-corrected chi connectivity index (χ1v) is 6.88. The summed E-state index contributed by atoms with van der Waals surface area (Å²) < 4.78 is 0. The maximum absolute atomic E-state index is 5.62. The minimum atomic E-state index is 0.703. The molecule has 2 heteroatoms. The summed E-state index contributed by atoms with van der Waals surface area (Å²) in [4.78, 5) is 2.33. The van der Waals surface area contributed by atoms with Gasteiger partial charge in [0.1, 0.15) is 0 Å². The predicted octanol–water partition coefficient (Wildman–Crippen LogP) is 3.65. The molecule has 0 atom stereocenters. The number of para-hydroxylation sites is 1. The zero-order valence-electron chi connectivity index (χ0n) is 11.8. The third-order valence-electron chi connectivity index (χ3n) is 3.37. The number of hydrogen-bond donors (Lipinski definition) is 1. The second-order valence-corrected chi connectivity index (χ2v) is 4.74. The Balaban J connectivity index is 2.34. The lowest BCUT2D eigenvalue weighted by molar-refractivity contribution is 0.961. The molecule has 0 aromatic heterocycles. The molecule has 0 aliphatic carbocycles. The Labute approximate surface area is 115 Å². The molecule has 0 aliphatic heterocycles. The van der Waals surface area contributed by atoms with Crippen molar-refractivity contribution in [1.29, 1.82) is 0 Å². The molecule has 0 radical (unpaired) electrons. The Hall–Kier alpha value is -1.80. The maximum atomic E-state index is 5.62. The van der Waals surface area contributed by atoms with Crippen molar-refractivity contribution < 1.29 is 0 Å². The van der Waals surface area contributed by atoms with Crippen LogP contribution in [0.5, 0.6) is 0 Å². The molecular weight excluding hydrogens is 232 g/mol. The first kappa shape index (κ1) is 13.6. The molecule has 0 unspecified atom stereocenters. The molecular formula is C17H22N2. The number of aryl methyl sites for hydroxylation is 1. The summed E-state index contributed by atoms with van der Waals surface area (Å²) in [6, 6.07) is 17.1. The van der Waals surface area contributed by atoms with E-state index in [0.717, 1.165) is 13.0 Å². The normalized spacial score (nSPS) is 10.5. The molecule has 0 amide bonds. The Morgan fingerprint density at radius 2 is 1.79 bits per heavy atom. The zero-order chi connectivity index (χ0) is 13.7. The second-order valence-electron chi connectivity index (χ2n) is 4.74. The number of nitrogens with two attached hydrogens (primary N) is 1. The molecule has 2 N–H and O–H groups in total. The van der Waals surface area contributed by atoms with E-state index in [1.807, 2.05) is 0 Å². The summed E-state index contributed by atoms with van der Waals surface area (Å²) in [5.74, 6) is 0. The Bertz CT molecular complexity index is 520. The van der Waals surface area contributed by atoms with E-state index in [1.165, 1.54) is 22.5 Å². The predicted molar refractivity (Wildman–Crippen MR) is 83.1 cm³/mol. The molecule has 2 aromatic carbocycles. The fourth-order valence-electron chi connectivity index (χ4n) is 2.44. The van der Waals surface area contributed by atoms with E-state index >= 15 is 0 Å². The molecule has 0 saturated heterocycles. The molecule has 100 valence electrons. The number of rotatable bonds is 5. The van der Waals surface area contributed by atoms with Gasteiger partial charge in [-0.25, -0.2) is 0 Å². The average molecular weight is 254 g/mol. The van der Waals surface area contributed by atoms with Crippen LogP contribution in [-0.4, -0.2) is 13.1 Å². The molecule has 0 saturated carbocycles. The average Bonchev–Trinajstić information content (AvgIpc) is 2.43. The van der Waals surface area contributed by atoms with Crippen LogP contribution >= 0.6 is 0 Å². The molecule has 19 heavy (non-hydrogen) atoms. The van der Waals surface area contributed by atoms with E-state index in [0.29, 0.717) is 6.54 Å². The van der Waals surface area contributed by atoms with Crippen LogP contribution in [-0.2, 0) is 6.42 Å². The highest BCUT2D eigenvalue weighted by atomic mass is 15.1. The monoisotopic (exact) mass is 254 g/mol. The molecule has 2 nitrogen and oxygen atoms in total. The van der Waals surface area contributed by atoms with Gasteiger partial charge in [0.2, 0.25) is 0 Å². The van der Waals surface area contributed by atoms with Crippen LogP contribution in [0, 0.1) is 6.92 Å². The summed E-state index contributed by atoms with van der Waals surface area (Å²) in [6.45, 7) is 6.01. The first-order chi connectivity index (χ1) is 9.26. The Morgan fingerprint density at radius 3 is 2.37 bits per heavy atom. The van der Waals surface area contributed by atoms with Crippen LogP contribution in [0.3, 0.4) is 0 Å². The second kappa shape index (κ2) is 6.39. The van der Waals surface area contributed by atoms with Gasteiger partial charge < -0.3 is 10.6 Å². The van der Waals surface area contributed by atoms with Crippen LogP contribution in [0.15, 0.2) is 48.5 Å². The number of hydrogen-bond acceptors (Lipinski definition) is 2. The van der Waals surface area contributed by atoms with E-state index in [4.69, 9.17) is 5.73 Å². The topological polar surface area (TPSA) is 29.3 Å². The van der Waals surface area contributed by atoms with Crippen LogP contribution in [0.2, 0.25) is 0 Å². The lowest BCUT2D eigenvalue weighted by atomic mass is 10.1. The number of anilines is 2. The van der Waals surface area contributed by atoms with Crippen molar-refractivity contribution in [3.8, 4) is 0 Å². The zero-order valence-corrected chi connectivity index (χ0v) is 11.8.